The van der Waals surface area contributed by atoms with E-state index in [2.05, 4.69) is 20.9 Å². The molecule has 4 nitrogen and oxygen atoms in total. The van der Waals surface area contributed by atoms with Crippen molar-refractivity contribution >= 4 is 21.6 Å². The lowest BCUT2D eigenvalue weighted by Crippen LogP contribution is -2.19. The molecular formula is C9H13BrN2O2. The zero-order chi connectivity index (χ0) is 10.6. The Hall–Kier alpha value is -0.650. The fourth-order valence-electron chi connectivity index (χ4n) is 1.16. The summed E-state index contributed by atoms with van der Waals surface area (Å²) in [6, 6.07) is 1.61. The normalized spacial score (nSPS) is 15.1. The molecule has 0 saturated heterocycles. The first-order valence-electron chi connectivity index (χ1n) is 4.28. The van der Waals surface area contributed by atoms with Crippen molar-refractivity contribution in [2.45, 2.75) is 18.6 Å². The Morgan fingerprint density at radius 1 is 1.50 bits per heavy atom. The maximum Gasteiger partial charge on any atom is 0.107 e. The second-order valence-corrected chi connectivity index (χ2v) is 3.79. The molecule has 0 radical (unpaired) electrons. The lowest BCUT2D eigenvalue weighted by atomic mass is 10.0. The summed E-state index contributed by atoms with van der Waals surface area (Å²) in [6.07, 6.45) is 1.72. The zero-order valence-corrected chi connectivity index (χ0v) is 9.18. The first-order valence-corrected chi connectivity index (χ1v) is 5.40. The van der Waals surface area contributed by atoms with Gasteiger partial charge in [0, 0.05) is 17.1 Å². The molecule has 0 aliphatic heterocycles. The molecule has 5 heteroatoms. The van der Waals surface area contributed by atoms with Crippen LogP contribution >= 0.6 is 15.9 Å². The summed E-state index contributed by atoms with van der Waals surface area (Å²) in [5.74, 6) is 0. The molecule has 0 aliphatic rings. The Balaban J connectivity index is 2.78. The second kappa shape index (κ2) is 5.29. The Morgan fingerprint density at radius 2 is 2.21 bits per heavy atom. The molecule has 1 aromatic rings. The predicted molar refractivity (Wildman–Crippen MR) is 58.0 cm³/mol. The van der Waals surface area contributed by atoms with Gasteiger partial charge >= 0.3 is 0 Å². The van der Waals surface area contributed by atoms with Crippen molar-refractivity contribution in [2.75, 3.05) is 11.1 Å². The minimum Gasteiger partial charge on any atom is -0.397 e. The number of alkyl halides is 1. The minimum absolute atomic E-state index is 0.397. The molecule has 0 amide bonds. The summed E-state index contributed by atoms with van der Waals surface area (Å²) in [5, 5.41) is 19.9. The number of anilines is 1. The molecular weight excluding hydrogens is 248 g/mol. The molecule has 0 fully saturated rings. The molecule has 0 bridgehead atoms. The van der Waals surface area contributed by atoms with Gasteiger partial charge in [-0.2, -0.15) is 0 Å². The van der Waals surface area contributed by atoms with Gasteiger partial charge < -0.3 is 15.9 Å². The number of aliphatic hydroxyl groups is 2. The molecule has 0 saturated carbocycles. The molecule has 0 aromatic carbocycles. The van der Waals surface area contributed by atoms with Gasteiger partial charge in [-0.05, 0) is 12.5 Å². The molecule has 0 aliphatic carbocycles. The van der Waals surface area contributed by atoms with E-state index in [1.807, 2.05) is 0 Å². The smallest absolute Gasteiger partial charge is 0.107 e. The van der Waals surface area contributed by atoms with Gasteiger partial charge in [0.25, 0.3) is 0 Å². The molecule has 4 N–H and O–H groups in total. The van der Waals surface area contributed by atoms with E-state index in [4.69, 9.17) is 5.73 Å². The van der Waals surface area contributed by atoms with Crippen LogP contribution in [0, 0.1) is 0 Å². The fourth-order valence-corrected chi connectivity index (χ4v) is 1.63. The van der Waals surface area contributed by atoms with Crippen molar-refractivity contribution in [1.29, 1.82) is 0 Å². The lowest BCUT2D eigenvalue weighted by molar-refractivity contribution is 0.0177. The number of pyridine rings is 1. The lowest BCUT2D eigenvalue weighted by Gasteiger charge is -2.18. The number of rotatable bonds is 4. The van der Waals surface area contributed by atoms with Gasteiger partial charge in [0.2, 0.25) is 0 Å². The van der Waals surface area contributed by atoms with E-state index in [1.54, 1.807) is 6.07 Å². The van der Waals surface area contributed by atoms with Crippen molar-refractivity contribution in [1.82, 2.24) is 4.98 Å². The maximum absolute atomic E-state index is 9.72. The third-order valence-corrected chi connectivity index (χ3v) is 2.43. The van der Waals surface area contributed by atoms with Crippen molar-refractivity contribution in [3.8, 4) is 0 Å². The molecule has 0 spiro atoms. The van der Waals surface area contributed by atoms with Gasteiger partial charge in [0.15, 0.2) is 0 Å². The van der Waals surface area contributed by atoms with E-state index < -0.39 is 12.2 Å². The number of nitrogens with zero attached hydrogens (tertiary/aromatic N) is 1. The molecule has 1 aromatic heterocycles. The van der Waals surface area contributed by atoms with Crippen LogP contribution in [0.3, 0.4) is 0 Å². The molecule has 14 heavy (non-hydrogen) atoms. The van der Waals surface area contributed by atoms with Crippen LogP contribution in [-0.4, -0.2) is 26.6 Å². The highest BCUT2D eigenvalue weighted by atomic mass is 79.9. The average molecular weight is 261 g/mol. The van der Waals surface area contributed by atoms with Crippen LogP contribution in [0.4, 0.5) is 5.69 Å². The molecule has 1 heterocycles. The number of halogens is 1. The SMILES string of the molecule is Nc1cnccc1C(O)C(O)CCBr. The topological polar surface area (TPSA) is 79.4 Å². The summed E-state index contributed by atoms with van der Waals surface area (Å²) in [5.41, 5.74) is 6.53. The fraction of sp³-hybridized carbons (Fsp3) is 0.444. The number of nitrogens with two attached hydrogens (primary N) is 1. The Kier molecular flexibility index (Phi) is 4.31. The van der Waals surface area contributed by atoms with E-state index >= 15 is 0 Å². The van der Waals surface area contributed by atoms with Crippen LogP contribution in [0.5, 0.6) is 0 Å². The zero-order valence-electron chi connectivity index (χ0n) is 7.60. The van der Waals surface area contributed by atoms with E-state index in [1.165, 1.54) is 12.4 Å². The third kappa shape index (κ3) is 2.67. The number of aliphatic hydroxyl groups excluding tert-OH is 2. The first-order chi connectivity index (χ1) is 6.66. The highest BCUT2D eigenvalue weighted by molar-refractivity contribution is 9.09. The van der Waals surface area contributed by atoms with Gasteiger partial charge in [-0.25, -0.2) is 0 Å². The van der Waals surface area contributed by atoms with E-state index in [0.717, 1.165) is 0 Å². The second-order valence-electron chi connectivity index (χ2n) is 2.99. The van der Waals surface area contributed by atoms with Crippen LogP contribution in [-0.2, 0) is 0 Å². The largest absolute Gasteiger partial charge is 0.397 e. The van der Waals surface area contributed by atoms with E-state index in [9.17, 15) is 10.2 Å². The highest BCUT2D eigenvalue weighted by Crippen LogP contribution is 2.23. The van der Waals surface area contributed by atoms with Crippen molar-refractivity contribution in [3.05, 3.63) is 24.0 Å². The Labute approximate surface area is 90.9 Å². The summed E-state index contributed by atoms with van der Waals surface area (Å²) in [7, 11) is 0. The molecule has 2 atom stereocenters. The van der Waals surface area contributed by atoms with Crippen LogP contribution in [0.15, 0.2) is 18.5 Å². The monoisotopic (exact) mass is 260 g/mol. The number of aromatic nitrogens is 1. The van der Waals surface area contributed by atoms with Gasteiger partial charge in [-0.3, -0.25) is 4.98 Å². The van der Waals surface area contributed by atoms with Crippen LogP contribution in [0.2, 0.25) is 0 Å². The third-order valence-electron chi connectivity index (χ3n) is 1.98. The van der Waals surface area contributed by atoms with Crippen LogP contribution < -0.4 is 5.73 Å². The summed E-state index contributed by atoms with van der Waals surface area (Å²) < 4.78 is 0. The maximum atomic E-state index is 9.72. The van der Waals surface area contributed by atoms with E-state index in [-0.39, 0.29) is 0 Å². The minimum atomic E-state index is -0.949. The molecule has 1 rings (SSSR count). The first kappa shape index (κ1) is 11.4. The van der Waals surface area contributed by atoms with Crippen molar-refractivity contribution in [2.24, 2.45) is 0 Å². The summed E-state index contributed by atoms with van der Waals surface area (Å²) in [6.45, 7) is 0. The standard InChI is InChI=1S/C9H13BrN2O2/c10-3-1-8(13)9(14)6-2-4-12-5-7(6)11/h2,4-5,8-9,13-14H,1,3,11H2. The Bertz CT molecular complexity index is 296. The quantitative estimate of drug-likeness (QED) is 0.702. The summed E-state index contributed by atoms with van der Waals surface area (Å²) >= 11 is 3.19. The van der Waals surface area contributed by atoms with E-state index in [0.29, 0.717) is 23.0 Å². The van der Waals surface area contributed by atoms with Gasteiger partial charge in [0.05, 0.1) is 18.0 Å². The van der Waals surface area contributed by atoms with Gasteiger partial charge in [-0.1, -0.05) is 15.9 Å². The molecule has 78 valence electrons. The highest BCUT2D eigenvalue weighted by Gasteiger charge is 2.19. The average Bonchev–Trinajstić information content (AvgIpc) is 2.18. The van der Waals surface area contributed by atoms with Crippen molar-refractivity contribution in [3.63, 3.8) is 0 Å². The predicted octanol–water partition coefficient (Wildman–Crippen LogP) is 0.843. The number of nitrogen functional groups attached to an aromatic ring is 1. The summed E-state index contributed by atoms with van der Waals surface area (Å²) in [4.78, 5) is 3.81. The van der Waals surface area contributed by atoms with Gasteiger partial charge in [-0.15, -0.1) is 0 Å². The van der Waals surface area contributed by atoms with Crippen LogP contribution in [0.25, 0.3) is 0 Å². The van der Waals surface area contributed by atoms with Crippen LogP contribution in [0.1, 0.15) is 18.1 Å². The van der Waals surface area contributed by atoms with Gasteiger partial charge in [0.1, 0.15) is 6.10 Å². The van der Waals surface area contributed by atoms with Crippen molar-refractivity contribution < 1.29 is 10.2 Å². The Morgan fingerprint density at radius 3 is 2.79 bits per heavy atom. The number of hydrogen-bond donors (Lipinski definition) is 3. The number of hydrogen-bond acceptors (Lipinski definition) is 4. The molecule has 2 unspecified atom stereocenters.